The lowest BCUT2D eigenvalue weighted by Gasteiger charge is -2.32. The Bertz CT molecular complexity index is 416. The van der Waals surface area contributed by atoms with E-state index in [1.807, 2.05) is 0 Å². The highest BCUT2D eigenvalue weighted by atomic mass is 32.2. The van der Waals surface area contributed by atoms with E-state index in [-0.39, 0.29) is 0 Å². The van der Waals surface area contributed by atoms with Crippen LogP contribution in [0.25, 0.3) is 0 Å². The highest BCUT2D eigenvalue weighted by molar-refractivity contribution is 7.99. The van der Waals surface area contributed by atoms with Gasteiger partial charge in [-0.2, -0.15) is 11.8 Å². The molecule has 2 saturated carbocycles. The zero-order valence-corrected chi connectivity index (χ0v) is 13.6. The lowest BCUT2D eigenvalue weighted by Crippen LogP contribution is -2.37. The maximum Gasteiger partial charge on any atom is 0.0351 e. The molecule has 1 aromatic carbocycles. The van der Waals surface area contributed by atoms with Gasteiger partial charge < -0.3 is 5.32 Å². The minimum absolute atomic E-state index is 0.603. The van der Waals surface area contributed by atoms with Crippen LogP contribution >= 0.6 is 11.8 Å². The van der Waals surface area contributed by atoms with E-state index < -0.39 is 0 Å². The highest BCUT2D eigenvalue weighted by Crippen LogP contribution is 2.42. The van der Waals surface area contributed by atoms with Gasteiger partial charge in [-0.25, -0.2) is 0 Å². The van der Waals surface area contributed by atoms with Gasteiger partial charge in [0.1, 0.15) is 0 Å². The summed E-state index contributed by atoms with van der Waals surface area (Å²) in [5.74, 6) is 0.885. The quantitative estimate of drug-likeness (QED) is 0.842. The number of hydrogen-bond acceptors (Lipinski definition) is 2. The van der Waals surface area contributed by atoms with Crippen LogP contribution in [0.2, 0.25) is 0 Å². The standard InChI is InChI=1S/C18H27NS/c1-13-3-5-14(6-4-13)18(15-7-8-15)19-16-9-11-17(20-2)12-10-16/h3-6,15-19H,7-12H2,1-2H3. The van der Waals surface area contributed by atoms with E-state index in [1.165, 1.54) is 49.7 Å². The van der Waals surface area contributed by atoms with Crippen molar-refractivity contribution in [3.63, 3.8) is 0 Å². The van der Waals surface area contributed by atoms with Gasteiger partial charge >= 0.3 is 0 Å². The van der Waals surface area contributed by atoms with Gasteiger partial charge in [-0.05, 0) is 63.2 Å². The number of hydrogen-bond donors (Lipinski definition) is 1. The molecule has 2 heteroatoms. The Hall–Kier alpha value is -0.470. The summed E-state index contributed by atoms with van der Waals surface area (Å²) in [6.07, 6.45) is 10.6. The Kier molecular flexibility index (Phi) is 4.72. The molecule has 1 N–H and O–H groups in total. The zero-order chi connectivity index (χ0) is 13.9. The van der Waals surface area contributed by atoms with E-state index >= 15 is 0 Å². The Balaban J connectivity index is 1.62. The second-order valence-electron chi connectivity index (χ2n) is 6.60. The predicted octanol–water partition coefficient (Wildman–Crippen LogP) is 4.71. The number of aryl methyl sites for hydroxylation is 1. The molecule has 0 radical (unpaired) electrons. The average Bonchev–Trinajstić information content (AvgIpc) is 3.31. The first-order valence-corrected chi connectivity index (χ1v) is 9.40. The molecule has 0 amide bonds. The number of nitrogens with one attached hydrogen (secondary N) is 1. The SMILES string of the molecule is CSC1CCC(NC(c2ccc(C)cc2)C2CC2)CC1. The summed E-state index contributed by atoms with van der Waals surface area (Å²) in [5, 5.41) is 4.90. The van der Waals surface area contributed by atoms with Gasteiger partial charge in [0.2, 0.25) is 0 Å². The highest BCUT2D eigenvalue weighted by Gasteiger charge is 2.34. The first-order chi connectivity index (χ1) is 9.76. The molecular formula is C18H27NS. The van der Waals surface area contributed by atoms with E-state index in [2.05, 4.69) is 54.5 Å². The molecule has 0 spiro atoms. The number of rotatable bonds is 5. The molecule has 3 rings (SSSR count). The van der Waals surface area contributed by atoms with E-state index in [4.69, 9.17) is 0 Å². The van der Waals surface area contributed by atoms with Gasteiger partial charge in [0.25, 0.3) is 0 Å². The first-order valence-electron chi connectivity index (χ1n) is 8.11. The first kappa shape index (κ1) is 14.5. The molecule has 0 heterocycles. The average molecular weight is 289 g/mol. The van der Waals surface area contributed by atoms with E-state index in [0.29, 0.717) is 6.04 Å². The summed E-state index contributed by atoms with van der Waals surface area (Å²) in [7, 11) is 0. The molecule has 1 nitrogen and oxygen atoms in total. The molecule has 1 unspecified atom stereocenters. The van der Waals surface area contributed by atoms with Crippen LogP contribution in [-0.2, 0) is 0 Å². The zero-order valence-electron chi connectivity index (χ0n) is 12.8. The second kappa shape index (κ2) is 6.53. The van der Waals surface area contributed by atoms with Crippen molar-refractivity contribution >= 4 is 11.8 Å². The topological polar surface area (TPSA) is 12.0 Å². The van der Waals surface area contributed by atoms with Crippen LogP contribution in [-0.4, -0.2) is 17.5 Å². The fraction of sp³-hybridized carbons (Fsp3) is 0.667. The summed E-state index contributed by atoms with van der Waals surface area (Å²) in [6, 6.07) is 10.5. The monoisotopic (exact) mass is 289 g/mol. The largest absolute Gasteiger partial charge is 0.307 e. The van der Waals surface area contributed by atoms with Crippen molar-refractivity contribution in [2.75, 3.05) is 6.26 Å². The third-order valence-electron chi connectivity index (χ3n) is 4.95. The molecule has 2 aliphatic rings. The van der Waals surface area contributed by atoms with Crippen LogP contribution < -0.4 is 5.32 Å². The van der Waals surface area contributed by atoms with Crippen molar-refractivity contribution in [3.8, 4) is 0 Å². The fourth-order valence-corrected chi connectivity index (χ4v) is 4.17. The lowest BCUT2D eigenvalue weighted by molar-refractivity contribution is 0.327. The van der Waals surface area contributed by atoms with Crippen LogP contribution in [0.3, 0.4) is 0 Å². The van der Waals surface area contributed by atoms with Crippen molar-refractivity contribution in [2.45, 2.75) is 62.8 Å². The normalized spacial score (nSPS) is 28.3. The Morgan fingerprint density at radius 1 is 1.00 bits per heavy atom. The molecule has 0 bridgehead atoms. The van der Waals surface area contributed by atoms with Gasteiger partial charge in [0.05, 0.1) is 0 Å². The van der Waals surface area contributed by atoms with E-state index in [1.54, 1.807) is 0 Å². The maximum atomic E-state index is 3.99. The molecule has 0 aliphatic heterocycles. The third kappa shape index (κ3) is 3.59. The van der Waals surface area contributed by atoms with Gasteiger partial charge in [0, 0.05) is 17.3 Å². The summed E-state index contributed by atoms with van der Waals surface area (Å²) < 4.78 is 0. The van der Waals surface area contributed by atoms with Crippen LogP contribution in [0.4, 0.5) is 0 Å². The summed E-state index contributed by atoms with van der Waals surface area (Å²) >= 11 is 2.06. The van der Waals surface area contributed by atoms with Gasteiger partial charge in [0.15, 0.2) is 0 Å². The lowest BCUT2D eigenvalue weighted by atomic mass is 9.92. The molecule has 1 atom stereocenters. The second-order valence-corrected chi connectivity index (χ2v) is 7.74. The number of benzene rings is 1. The Morgan fingerprint density at radius 3 is 2.20 bits per heavy atom. The molecular weight excluding hydrogens is 262 g/mol. The molecule has 20 heavy (non-hydrogen) atoms. The van der Waals surface area contributed by atoms with Crippen LogP contribution in [0, 0.1) is 12.8 Å². The molecule has 2 aliphatic carbocycles. The van der Waals surface area contributed by atoms with Gasteiger partial charge in [-0.15, -0.1) is 0 Å². The molecule has 0 aromatic heterocycles. The Labute approximate surface area is 127 Å². The van der Waals surface area contributed by atoms with Gasteiger partial charge in [-0.3, -0.25) is 0 Å². The fourth-order valence-electron chi connectivity index (χ4n) is 3.43. The van der Waals surface area contributed by atoms with Crippen molar-refractivity contribution in [3.05, 3.63) is 35.4 Å². The summed E-state index contributed by atoms with van der Waals surface area (Å²) in [6.45, 7) is 2.17. The van der Waals surface area contributed by atoms with Gasteiger partial charge in [-0.1, -0.05) is 29.8 Å². The van der Waals surface area contributed by atoms with E-state index in [0.717, 1.165) is 17.2 Å². The molecule has 0 saturated heterocycles. The van der Waals surface area contributed by atoms with Crippen molar-refractivity contribution in [1.29, 1.82) is 0 Å². The van der Waals surface area contributed by atoms with Crippen molar-refractivity contribution in [2.24, 2.45) is 5.92 Å². The molecule has 1 aromatic rings. The molecule has 2 fully saturated rings. The van der Waals surface area contributed by atoms with Crippen molar-refractivity contribution in [1.82, 2.24) is 5.32 Å². The minimum Gasteiger partial charge on any atom is -0.307 e. The van der Waals surface area contributed by atoms with Crippen molar-refractivity contribution < 1.29 is 0 Å². The van der Waals surface area contributed by atoms with Crippen LogP contribution in [0.1, 0.15) is 55.7 Å². The predicted molar refractivity (Wildman–Crippen MR) is 89.3 cm³/mol. The summed E-state index contributed by atoms with van der Waals surface area (Å²) in [4.78, 5) is 0. The third-order valence-corrected chi connectivity index (χ3v) is 6.09. The van der Waals surface area contributed by atoms with Crippen LogP contribution in [0.15, 0.2) is 24.3 Å². The number of thioether (sulfide) groups is 1. The Morgan fingerprint density at radius 2 is 1.65 bits per heavy atom. The van der Waals surface area contributed by atoms with E-state index in [9.17, 15) is 0 Å². The minimum atomic E-state index is 0.603. The smallest absolute Gasteiger partial charge is 0.0351 e. The molecule has 110 valence electrons. The van der Waals surface area contributed by atoms with Crippen LogP contribution in [0.5, 0.6) is 0 Å². The maximum absolute atomic E-state index is 3.99. The summed E-state index contributed by atoms with van der Waals surface area (Å²) in [5.41, 5.74) is 2.87.